The minimum absolute atomic E-state index is 0.130. The van der Waals surface area contributed by atoms with Gasteiger partial charge in [-0.05, 0) is 42.3 Å². The zero-order valence-electron chi connectivity index (χ0n) is 13.4. The average molecular weight is 374 g/mol. The van der Waals surface area contributed by atoms with E-state index in [1.54, 1.807) is 12.1 Å². The van der Waals surface area contributed by atoms with Gasteiger partial charge in [0.05, 0.1) is 22.8 Å². The molecule has 0 aliphatic heterocycles. The number of nitrogens with one attached hydrogen (secondary N) is 1. The van der Waals surface area contributed by atoms with Crippen LogP contribution in [0, 0.1) is 18.6 Å². The molecule has 0 bridgehead atoms. The highest BCUT2D eigenvalue weighted by Crippen LogP contribution is 2.32. The number of rotatable bonds is 4. The van der Waals surface area contributed by atoms with Gasteiger partial charge in [-0.15, -0.1) is 11.3 Å². The lowest BCUT2D eigenvalue weighted by atomic mass is 10.0. The molecule has 0 atom stereocenters. The number of hydrogen-bond donors (Lipinski definition) is 2. The van der Waals surface area contributed by atoms with E-state index < -0.39 is 29.2 Å². The number of anilines is 1. The monoisotopic (exact) mass is 374 g/mol. The Labute approximate surface area is 150 Å². The average Bonchev–Trinajstić information content (AvgIpc) is 3.08. The summed E-state index contributed by atoms with van der Waals surface area (Å²) in [7, 11) is 0. The second kappa shape index (κ2) is 7.01. The fourth-order valence-electron chi connectivity index (χ4n) is 2.33. The summed E-state index contributed by atoms with van der Waals surface area (Å²) in [6, 6.07) is 7.87. The van der Waals surface area contributed by atoms with Crippen LogP contribution in [0.25, 0.3) is 10.4 Å². The fourth-order valence-corrected chi connectivity index (χ4v) is 3.31. The van der Waals surface area contributed by atoms with E-state index in [1.807, 2.05) is 6.92 Å². The van der Waals surface area contributed by atoms with Gasteiger partial charge in [-0.3, -0.25) is 9.78 Å². The van der Waals surface area contributed by atoms with Crippen LogP contribution < -0.4 is 5.32 Å². The number of aryl methyl sites for hydroxylation is 1. The third kappa shape index (κ3) is 3.45. The summed E-state index contributed by atoms with van der Waals surface area (Å²) >= 11 is 1.09. The Hall–Kier alpha value is -3.13. The highest BCUT2D eigenvalue weighted by molar-refractivity contribution is 7.17. The molecule has 2 N–H and O–H groups in total. The van der Waals surface area contributed by atoms with Crippen LogP contribution >= 0.6 is 11.3 Å². The molecule has 3 rings (SSSR count). The Kier molecular flexibility index (Phi) is 4.77. The molecule has 5 nitrogen and oxygen atoms in total. The summed E-state index contributed by atoms with van der Waals surface area (Å²) in [6.07, 6.45) is 1.61. The molecular formula is C18H12F2N2O3S. The number of carboxylic acids is 1. The van der Waals surface area contributed by atoms with E-state index in [0.717, 1.165) is 29.3 Å². The SMILES string of the molecule is Cc1ccc(C(=O)O)cc1-c1ccc(C(=O)Nc2c(F)cncc2F)s1. The molecule has 0 radical (unpaired) electrons. The van der Waals surface area contributed by atoms with Gasteiger partial charge in [-0.1, -0.05) is 6.07 Å². The van der Waals surface area contributed by atoms with Crippen LogP contribution in [0.3, 0.4) is 0 Å². The van der Waals surface area contributed by atoms with Crippen molar-refractivity contribution < 1.29 is 23.5 Å². The van der Waals surface area contributed by atoms with Gasteiger partial charge in [-0.25, -0.2) is 13.6 Å². The molecule has 0 aliphatic rings. The molecule has 132 valence electrons. The highest BCUT2D eigenvalue weighted by atomic mass is 32.1. The van der Waals surface area contributed by atoms with Gasteiger partial charge in [0.1, 0.15) is 5.69 Å². The largest absolute Gasteiger partial charge is 0.478 e. The summed E-state index contributed by atoms with van der Waals surface area (Å²) in [6.45, 7) is 1.82. The van der Waals surface area contributed by atoms with Crippen molar-refractivity contribution in [3.63, 3.8) is 0 Å². The summed E-state index contributed by atoms with van der Waals surface area (Å²) in [5.41, 5.74) is 1.08. The van der Waals surface area contributed by atoms with Crippen LogP contribution in [-0.2, 0) is 0 Å². The predicted octanol–water partition coefficient (Wildman–Crippen LogP) is 4.35. The zero-order valence-corrected chi connectivity index (χ0v) is 14.2. The molecule has 8 heteroatoms. The molecule has 0 spiro atoms. The van der Waals surface area contributed by atoms with E-state index >= 15 is 0 Å². The number of halogens is 2. The maximum Gasteiger partial charge on any atom is 0.335 e. The Balaban J connectivity index is 1.90. The number of carbonyl (C=O) groups excluding carboxylic acids is 1. The number of aromatic carboxylic acids is 1. The van der Waals surface area contributed by atoms with Gasteiger partial charge in [0.15, 0.2) is 11.6 Å². The van der Waals surface area contributed by atoms with E-state index in [9.17, 15) is 18.4 Å². The Morgan fingerprint density at radius 3 is 2.46 bits per heavy atom. The number of amides is 1. The van der Waals surface area contributed by atoms with Crippen molar-refractivity contribution in [2.75, 3.05) is 5.32 Å². The zero-order chi connectivity index (χ0) is 18.8. The van der Waals surface area contributed by atoms with Crippen LogP contribution in [0.5, 0.6) is 0 Å². The number of hydrogen-bond acceptors (Lipinski definition) is 4. The van der Waals surface area contributed by atoms with Crippen LogP contribution in [0.1, 0.15) is 25.6 Å². The number of nitrogens with zero attached hydrogens (tertiary/aromatic N) is 1. The summed E-state index contributed by atoms with van der Waals surface area (Å²) in [4.78, 5) is 27.7. The van der Waals surface area contributed by atoms with Crippen LogP contribution in [0.4, 0.5) is 14.5 Å². The highest BCUT2D eigenvalue weighted by Gasteiger charge is 2.17. The fraction of sp³-hybridized carbons (Fsp3) is 0.0556. The standard InChI is InChI=1S/C18H12F2N2O3S/c1-9-2-3-10(18(24)25)6-11(9)14-4-5-15(26-14)17(23)22-16-12(19)7-21-8-13(16)20/h2-8H,1H3,(H,24,25)(H,21,22,23). The van der Waals surface area contributed by atoms with Crippen molar-refractivity contribution >= 4 is 28.9 Å². The molecule has 0 unspecified atom stereocenters. The molecule has 2 heterocycles. The van der Waals surface area contributed by atoms with Gasteiger partial charge in [0.25, 0.3) is 5.91 Å². The number of thiophene rings is 1. The molecule has 1 aromatic carbocycles. The van der Waals surface area contributed by atoms with Crippen molar-refractivity contribution in [2.24, 2.45) is 0 Å². The number of carboxylic acid groups (broad SMARTS) is 1. The number of pyridine rings is 1. The maximum absolute atomic E-state index is 13.6. The number of carbonyl (C=O) groups is 2. The molecule has 0 fully saturated rings. The molecule has 0 saturated carbocycles. The molecule has 2 aromatic heterocycles. The van der Waals surface area contributed by atoms with Crippen molar-refractivity contribution in [1.82, 2.24) is 4.98 Å². The minimum atomic E-state index is -1.05. The number of aromatic nitrogens is 1. The first-order valence-electron chi connectivity index (χ1n) is 7.41. The van der Waals surface area contributed by atoms with Crippen molar-refractivity contribution in [2.45, 2.75) is 6.92 Å². The van der Waals surface area contributed by atoms with Gasteiger partial charge < -0.3 is 10.4 Å². The van der Waals surface area contributed by atoms with Gasteiger partial charge in [-0.2, -0.15) is 0 Å². The lowest BCUT2D eigenvalue weighted by Gasteiger charge is -2.06. The maximum atomic E-state index is 13.6. The summed E-state index contributed by atoms with van der Waals surface area (Å²) in [5.74, 6) is -3.66. The molecule has 0 saturated heterocycles. The third-order valence-corrected chi connectivity index (χ3v) is 4.79. The van der Waals surface area contributed by atoms with Gasteiger partial charge >= 0.3 is 5.97 Å². The molecule has 3 aromatic rings. The first kappa shape index (κ1) is 17.7. The first-order chi connectivity index (χ1) is 12.4. The van der Waals surface area contributed by atoms with E-state index in [1.165, 1.54) is 18.2 Å². The van der Waals surface area contributed by atoms with Crippen LogP contribution in [-0.4, -0.2) is 22.0 Å². The molecule has 1 amide bonds. The second-order valence-corrected chi connectivity index (χ2v) is 6.51. The van der Waals surface area contributed by atoms with E-state index in [2.05, 4.69) is 10.3 Å². The summed E-state index contributed by atoms with van der Waals surface area (Å²) in [5, 5.41) is 11.3. The lowest BCUT2D eigenvalue weighted by Crippen LogP contribution is -2.13. The van der Waals surface area contributed by atoms with Gasteiger partial charge in [0, 0.05) is 4.88 Å². The Morgan fingerprint density at radius 1 is 1.12 bits per heavy atom. The summed E-state index contributed by atoms with van der Waals surface area (Å²) < 4.78 is 27.2. The van der Waals surface area contributed by atoms with Crippen LogP contribution in [0.15, 0.2) is 42.7 Å². The predicted molar refractivity (Wildman–Crippen MR) is 93.6 cm³/mol. The number of benzene rings is 1. The third-order valence-electron chi connectivity index (χ3n) is 3.67. The van der Waals surface area contributed by atoms with E-state index in [4.69, 9.17) is 5.11 Å². The van der Waals surface area contributed by atoms with Crippen LogP contribution in [0.2, 0.25) is 0 Å². The molecular weight excluding hydrogens is 362 g/mol. The van der Waals surface area contributed by atoms with Crippen molar-refractivity contribution in [3.8, 4) is 10.4 Å². The topological polar surface area (TPSA) is 79.3 Å². The lowest BCUT2D eigenvalue weighted by molar-refractivity contribution is 0.0696. The smallest absolute Gasteiger partial charge is 0.335 e. The second-order valence-electron chi connectivity index (χ2n) is 5.43. The quantitative estimate of drug-likeness (QED) is 0.712. The Bertz CT molecular complexity index is 997. The van der Waals surface area contributed by atoms with Gasteiger partial charge in [0.2, 0.25) is 0 Å². The van der Waals surface area contributed by atoms with Crippen molar-refractivity contribution in [1.29, 1.82) is 0 Å². The van der Waals surface area contributed by atoms with Crippen molar-refractivity contribution in [3.05, 3.63) is 70.4 Å². The molecule has 26 heavy (non-hydrogen) atoms. The normalized spacial score (nSPS) is 10.6. The van der Waals surface area contributed by atoms with E-state index in [-0.39, 0.29) is 10.4 Å². The first-order valence-corrected chi connectivity index (χ1v) is 8.23. The minimum Gasteiger partial charge on any atom is -0.478 e. The molecule has 0 aliphatic carbocycles. The Morgan fingerprint density at radius 2 is 1.81 bits per heavy atom. The van der Waals surface area contributed by atoms with E-state index in [0.29, 0.717) is 10.4 Å².